The van der Waals surface area contributed by atoms with Crippen LogP contribution in [0.5, 0.6) is 0 Å². The molecule has 4 aromatic rings. The molecule has 0 radical (unpaired) electrons. The SMILES string of the molecule is COC(=O)C12CCC(CNCc3cnc(C(=O)Nc4cccc(-c5cccc(NC(=O)c6cc(C7CC7)c(CNCC78CCC(C(=O)OC)(CC7)C8)cn6)c5C)c4C)cc3C3CC3)(CC1)C2. The smallest absolute Gasteiger partial charge is 0.311 e. The van der Waals surface area contributed by atoms with E-state index >= 15 is 0 Å². The number of nitrogens with zero attached hydrogens (tertiary/aromatic N) is 2. The maximum atomic E-state index is 13.8. The molecule has 6 saturated carbocycles. The summed E-state index contributed by atoms with van der Waals surface area (Å²) >= 11 is 0. The van der Waals surface area contributed by atoms with Gasteiger partial charge in [-0.3, -0.25) is 29.1 Å². The van der Waals surface area contributed by atoms with Crippen LogP contribution in [-0.4, -0.2) is 61.0 Å². The molecule has 6 aliphatic rings. The van der Waals surface area contributed by atoms with E-state index in [9.17, 15) is 19.2 Å². The zero-order valence-electron chi connectivity index (χ0n) is 39.0. The van der Waals surface area contributed by atoms with E-state index in [4.69, 9.17) is 9.47 Å². The Morgan fingerprint density at radius 3 is 1.35 bits per heavy atom. The van der Waals surface area contributed by atoms with E-state index in [-0.39, 0.29) is 45.4 Å². The quantitative estimate of drug-likeness (QED) is 0.0752. The molecular formula is C54H64N6O6. The molecule has 2 heterocycles. The van der Waals surface area contributed by atoms with Crippen molar-refractivity contribution in [3.63, 3.8) is 0 Å². The first kappa shape index (κ1) is 44.4. The van der Waals surface area contributed by atoms with Gasteiger partial charge < -0.3 is 30.7 Å². The van der Waals surface area contributed by atoms with E-state index in [0.717, 1.165) is 136 Å². The standard InChI is InChI=1S/C54H64N6O6/c1-33-39(7-5-9-43(33)59-47(61)45-23-41(35-11-12-35)37(27-57-45)25-55-31-51-15-19-53(29-51,20-16-51)49(63)65-3)40-8-6-10-44(34(40)2)60-48(62)46-24-42(36-13-14-36)38(28-58-46)26-56-32-52-17-21-54(30-52,22-18-52)50(64)66-4/h5-10,23-24,27-28,35-36,55-56H,11-22,25-26,29-32H2,1-4H3,(H,59,61)(H,60,62). The molecule has 4 N–H and O–H groups in total. The van der Waals surface area contributed by atoms with E-state index in [1.165, 1.54) is 25.3 Å². The molecule has 4 bridgehead atoms. The number of benzene rings is 2. The van der Waals surface area contributed by atoms with Gasteiger partial charge in [-0.25, -0.2) is 0 Å². The number of hydrogen-bond donors (Lipinski definition) is 4. The van der Waals surface area contributed by atoms with Gasteiger partial charge in [0.15, 0.2) is 0 Å². The van der Waals surface area contributed by atoms with Crippen LogP contribution < -0.4 is 21.3 Å². The number of ether oxygens (including phenoxy) is 2. The number of carbonyl (C=O) groups is 4. The Kier molecular flexibility index (Phi) is 11.6. The van der Waals surface area contributed by atoms with Crippen molar-refractivity contribution in [2.75, 3.05) is 37.9 Å². The normalized spacial score (nSPS) is 26.1. The molecule has 0 aliphatic heterocycles. The molecule has 2 aromatic heterocycles. The monoisotopic (exact) mass is 892 g/mol. The van der Waals surface area contributed by atoms with Crippen molar-refractivity contribution in [3.05, 3.63) is 106 Å². The molecule has 0 unspecified atom stereocenters. The summed E-state index contributed by atoms with van der Waals surface area (Å²) in [6, 6.07) is 15.8. The highest BCUT2D eigenvalue weighted by Crippen LogP contribution is 2.63. The molecule has 0 atom stereocenters. The zero-order valence-corrected chi connectivity index (χ0v) is 39.0. The topological polar surface area (TPSA) is 161 Å². The van der Waals surface area contributed by atoms with Crippen LogP contribution in [0.3, 0.4) is 0 Å². The van der Waals surface area contributed by atoms with E-state index in [1.54, 1.807) is 0 Å². The minimum atomic E-state index is -0.299. The van der Waals surface area contributed by atoms with Gasteiger partial charge in [0.1, 0.15) is 11.4 Å². The van der Waals surface area contributed by atoms with Crippen LogP contribution in [-0.2, 0) is 32.2 Å². The highest BCUT2D eigenvalue weighted by Gasteiger charge is 2.59. The van der Waals surface area contributed by atoms with E-state index in [1.807, 2.05) is 74.8 Å². The summed E-state index contributed by atoms with van der Waals surface area (Å²) < 4.78 is 10.3. The van der Waals surface area contributed by atoms with Crippen LogP contribution in [0.15, 0.2) is 60.9 Å². The van der Waals surface area contributed by atoms with Crippen molar-refractivity contribution < 1.29 is 28.7 Å². The molecule has 6 aliphatic carbocycles. The van der Waals surface area contributed by atoms with Gasteiger partial charge in [0, 0.05) is 49.9 Å². The van der Waals surface area contributed by atoms with Crippen LogP contribution in [0.25, 0.3) is 11.1 Å². The average molecular weight is 893 g/mol. The number of esters is 2. The Labute approximate surface area is 388 Å². The predicted octanol–water partition coefficient (Wildman–Crippen LogP) is 9.45. The third kappa shape index (κ3) is 8.33. The molecule has 2 aromatic carbocycles. The fourth-order valence-electron chi connectivity index (χ4n) is 12.6. The maximum Gasteiger partial charge on any atom is 0.311 e. The third-order valence-electron chi connectivity index (χ3n) is 16.8. The largest absolute Gasteiger partial charge is 0.469 e. The number of fused-ring (bicyclic) bond motifs is 4. The average Bonchev–Trinajstić information content (AvgIpc) is 4.24. The lowest BCUT2D eigenvalue weighted by Crippen LogP contribution is -2.30. The van der Waals surface area contributed by atoms with Crippen molar-refractivity contribution in [2.45, 2.75) is 129 Å². The lowest BCUT2D eigenvalue weighted by molar-refractivity contribution is -0.153. The number of carbonyl (C=O) groups excluding carboxylic acids is 4. The van der Waals surface area contributed by atoms with Crippen LogP contribution in [0.4, 0.5) is 11.4 Å². The fraction of sp³-hybridized carbons (Fsp3) is 0.519. The predicted molar refractivity (Wildman–Crippen MR) is 253 cm³/mol. The molecule has 12 nitrogen and oxygen atoms in total. The molecule has 0 spiro atoms. The van der Waals surface area contributed by atoms with Crippen LogP contribution >= 0.6 is 0 Å². The van der Waals surface area contributed by atoms with Crippen molar-refractivity contribution in [1.29, 1.82) is 0 Å². The molecule has 66 heavy (non-hydrogen) atoms. The lowest BCUT2D eigenvalue weighted by Gasteiger charge is -2.27. The second kappa shape index (κ2) is 17.3. The molecule has 346 valence electrons. The van der Waals surface area contributed by atoms with E-state index in [2.05, 4.69) is 31.2 Å². The number of nitrogens with one attached hydrogen (secondary N) is 4. The first-order valence-electron chi connectivity index (χ1n) is 24.3. The maximum absolute atomic E-state index is 13.8. The van der Waals surface area contributed by atoms with Crippen molar-refractivity contribution >= 4 is 35.1 Å². The van der Waals surface area contributed by atoms with E-state index < -0.39 is 0 Å². The number of hydrogen-bond acceptors (Lipinski definition) is 10. The summed E-state index contributed by atoms with van der Waals surface area (Å²) in [6.45, 7) is 7.09. The number of pyridine rings is 2. The highest BCUT2D eigenvalue weighted by molar-refractivity contribution is 6.05. The van der Waals surface area contributed by atoms with Crippen molar-refractivity contribution in [1.82, 2.24) is 20.6 Å². The van der Waals surface area contributed by atoms with Gasteiger partial charge in [0.25, 0.3) is 11.8 Å². The first-order chi connectivity index (χ1) is 31.9. The van der Waals surface area contributed by atoms with Crippen LogP contribution in [0.2, 0.25) is 0 Å². The summed E-state index contributed by atoms with van der Waals surface area (Å²) in [7, 11) is 3.00. The van der Waals surface area contributed by atoms with Crippen LogP contribution in [0, 0.1) is 35.5 Å². The number of aromatic nitrogens is 2. The Morgan fingerprint density at radius 1 is 0.591 bits per heavy atom. The minimum absolute atomic E-state index is 0.0502. The summed E-state index contributed by atoms with van der Waals surface area (Å²) in [4.78, 5) is 62.1. The first-order valence-corrected chi connectivity index (χ1v) is 24.3. The Balaban J connectivity index is 0.779. The van der Waals surface area contributed by atoms with Gasteiger partial charge in [-0.15, -0.1) is 0 Å². The molecule has 6 fully saturated rings. The number of anilines is 2. The van der Waals surface area contributed by atoms with E-state index in [0.29, 0.717) is 47.7 Å². The van der Waals surface area contributed by atoms with Gasteiger partial charge in [0.05, 0.1) is 25.0 Å². The third-order valence-corrected chi connectivity index (χ3v) is 16.8. The zero-order chi connectivity index (χ0) is 45.8. The number of amides is 2. The summed E-state index contributed by atoms with van der Waals surface area (Å²) in [5.74, 6) is 0.267. The Morgan fingerprint density at radius 2 is 0.985 bits per heavy atom. The molecule has 0 saturated heterocycles. The highest BCUT2D eigenvalue weighted by atomic mass is 16.5. The number of rotatable bonds is 17. The lowest BCUT2D eigenvalue weighted by atomic mass is 9.82. The molecular weight excluding hydrogens is 829 g/mol. The molecule has 10 rings (SSSR count). The summed E-state index contributed by atoms with van der Waals surface area (Å²) in [5, 5.41) is 13.7. The second-order valence-corrected chi connectivity index (χ2v) is 21.1. The second-order valence-electron chi connectivity index (χ2n) is 21.1. The molecule has 12 heteroatoms. The minimum Gasteiger partial charge on any atom is -0.469 e. The van der Waals surface area contributed by atoms with Gasteiger partial charge in [-0.05, 0) is 195 Å². The van der Waals surface area contributed by atoms with Crippen molar-refractivity contribution in [3.8, 4) is 11.1 Å². The van der Waals surface area contributed by atoms with Gasteiger partial charge >= 0.3 is 11.9 Å². The summed E-state index contributed by atoms with van der Waals surface area (Å²) in [5.41, 5.74) is 10.3. The fourth-order valence-corrected chi connectivity index (χ4v) is 12.6. The van der Waals surface area contributed by atoms with Crippen LogP contribution in [0.1, 0.15) is 156 Å². The van der Waals surface area contributed by atoms with Gasteiger partial charge in [-0.2, -0.15) is 0 Å². The number of methoxy groups -OCH3 is 2. The van der Waals surface area contributed by atoms with Gasteiger partial charge in [0.2, 0.25) is 0 Å². The molecule has 2 amide bonds. The Hall–Kier alpha value is -5.46. The Bertz CT molecular complexity index is 2400. The summed E-state index contributed by atoms with van der Waals surface area (Å²) in [6.07, 6.45) is 17.7. The van der Waals surface area contributed by atoms with Crippen molar-refractivity contribution in [2.24, 2.45) is 21.7 Å². The van der Waals surface area contributed by atoms with Gasteiger partial charge in [-0.1, -0.05) is 24.3 Å².